The van der Waals surface area contributed by atoms with Gasteiger partial charge in [-0.2, -0.15) is 0 Å². The van der Waals surface area contributed by atoms with Crippen molar-refractivity contribution in [2.75, 3.05) is 33.4 Å². The molecule has 3 unspecified atom stereocenters. The number of amides is 1. The molecule has 1 saturated heterocycles. The summed E-state index contributed by atoms with van der Waals surface area (Å²) in [5.74, 6) is 0.325. The predicted molar refractivity (Wildman–Crippen MR) is 70.3 cm³/mol. The summed E-state index contributed by atoms with van der Waals surface area (Å²) in [4.78, 5) is 14.1. The van der Waals surface area contributed by atoms with Crippen LogP contribution in [0, 0.1) is 5.92 Å². The van der Waals surface area contributed by atoms with Crippen molar-refractivity contribution in [2.24, 2.45) is 5.92 Å². The van der Waals surface area contributed by atoms with Crippen LogP contribution in [0.3, 0.4) is 0 Å². The molecule has 18 heavy (non-hydrogen) atoms. The zero-order valence-corrected chi connectivity index (χ0v) is 11.7. The Hall–Kier alpha value is -0.650. The number of hydrogen-bond acceptors (Lipinski definition) is 4. The number of aliphatic hydroxyl groups excluding tert-OH is 1. The molecule has 0 aromatic rings. The van der Waals surface area contributed by atoms with Gasteiger partial charge in [-0.15, -0.1) is 0 Å². The number of piperidine rings is 1. The monoisotopic (exact) mass is 258 g/mol. The van der Waals surface area contributed by atoms with Crippen LogP contribution < -0.4 is 5.32 Å². The van der Waals surface area contributed by atoms with Gasteiger partial charge in [0.1, 0.15) is 0 Å². The minimum Gasteiger partial charge on any atom is -0.393 e. The maximum Gasteiger partial charge on any atom is 0.237 e. The second-order valence-corrected chi connectivity index (χ2v) is 4.98. The van der Waals surface area contributed by atoms with Gasteiger partial charge in [-0.3, -0.25) is 9.69 Å². The molecule has 5 nitrogen and oxygen atoms in total. The largest absolute Gasteiger partial charge is 0.393 e. The van der Waals surface area contributed by atoms with Crippen molar-refractivity contribution in [1.82, 2.24) is 10.2 Å². The predicted octanol–water partition coefficient (Wildman–Crippen LogP) is 0.230. The quantitative estimate of drug-likeness (QED) is 0.670. The van der Waals surface area contributed by atoms with E-state index in [0.29, 0.717) is 13.2 Å². The number of carbonyl (C=O) groups excluding carboxylic acids is 1. The van der Waals surface area contributed by atoms with E-state index in [2.05, 4.69) is 17.1 Å². The zero-order chi connectivity index (χ0) is 13.5. The van der Waals surface area contributed by atoms with Crippen LogP contribution >= 0.6 is 0 Å². The highest BCUT2D eigenvalue weighted by Gasteiger charge is 2.31. The third-order valence-electron chi connectivity index (χ3n) is 3.78. The van der Waals surface area contributed by atoms with E-state index in [1.807, 2.05) is 6.92 Å². The van der Waals surface area contributed by atoms with Crippen molar-refractivity contribution < 1.29 is 14.6 Å². The SMILES string of the molecule is CCC1CN(C(C)C(=O)NCCOC)CCC1O. The van der Waals surface area contributed by atoms with Crippen LogP contribution in [0.2, 0.25) is 0 Å². The minimum atomic E-state index is -0.213. The van der Waals surface area contributed by atoms with Crippen LogP contribution in [0.1, 0.15) is 26.7 Å². The molecule has 0 radical (unpaired) electrons. The lowest BCUT2D eigenvalue weighted by molar-refractivity contribution is -0.127. The molecule has 1 amide bonds. The van der Waals surface area contributed by atoms with Gasteiger partial charge in [-0.05, 0) is 25.7 Å². The Labute approximate surface area is 109 Å². The summed E-state index contributed by atoms with van der Waals surface area (Å²) in [5, 5.41) is 12.7. The normalized spacial score (nSPS) is 26.9. The third-order valence-corrected chi connectivity index (χ3v) is 3.78. The van der Waals surface area contributed by atoms with E-state index in [-0.39, 0.29) is 24.0 Å². The third kappa shape index (κ3) is 4.23. The average molecular weight is 258 g/mol. The summed E-state index contributed by atoms with van der Waals surface area (Å²) in [7, 11) is 1.62. The van der Waals surface area contributed by atoms with Crippen molar-refractivity contribution in [3.05, 3.63) is 0 Å². The zero-order valence-electron chi connectivity index (χ0n) is 11.7. The number of methoxy groups -OCH3 is 1. The van der Waals surface area contributed by atoms with Gasteiger partial charge in [-0.1, -0.05) is 6.92 Å². The van der Waals surface area contributed by atoms with Crippen molar-refractivity contribution in [2.45, 2.75) is 38.8 Å². The van der Waals surface area contributed by atoms with E-state index in [1.54, 1.807) is 7.11 Å². The Bertz CT molecular complexity index is 261. The second kappa shape index (κ2) is 7.71. The number of nitrogens with one attached hydrogen (secondary N) is 1. The molecular weight excluding hydrogens is 232 g/mol. The molecular formula is C13H26N2O3. The van der Waals surface area contributed by atoms with Crippen LogP contribution in [0.25, 0.3) is 0 Å². The molecule has 0 aliphatic carbocycles. The summed E-state index contributed by atoms with van der Waals surface area (Å²) in [6.07, 6.45) is 1.50. The first kappa shape index (κ1) is 15.4. The smallest absolute Gasteiger partial charge is 0.237 e. The Morgan fingerprint density at radius 2 is 2.33 bits per heavy atom. The summed E-state index contributed by atoms with van der Waals surface area (Å²) in [6, 6.07) is -0.136. The molecule has 1 aliphatic heterocycles. The van der Waals surface area contributed by atoms with Crippen molar-refractivity contribution in [1.29, 1.82) is 0 Å². The standard InChI is InChI=1S/C13H26N2O3/c1-4-11-9-15(7-5-12(11)16)10(2)13(17)14-6-8-18-3/h10-12,16H,4-9H2,1-3H3,(H,14,17). The van der Waals surface area contributed by atoms with E-state index in [4.69, 9.17) is 4.74 Å². The van der Waals surface area contributed by atoms with Crippen LogP contribution in [-0.4, -0.2) is 61.4 Å². The molecule has 1 heterocycles. The Kier molecular flexibility index (Phi) is 6.60. The van der Waals surface area contributed by atoms with Gasteiger partial charge in [-0.25, -0.2) is 0 Å². The van der Waals surface area contributed by atoms with E-state index in [1.165, 1.54) is 0 Å². The van der Waals surface area contributed by atoms with E-state index < -0.39 is 0 Å². The molecule has 0 aromatic heterocycles. The number of likely N-dealkylation sites (tertiary alicyclic amines) is 1. The molecule has 106 valence electrons. The maximum atomic E-state index is 11.9. The Morgan fingerprint density at radius 1 is 1.61 bits per heavy atom. The lowest BCUT2D eigenvalue weighted by atomic mass is 9.91. The topological polar surface area (TPSA) is 61.8 Å². The summed E-state index contributed by atoms with van der Waals surface area (Å²) >= 11 is 0. The molecule has 2 N–H and O–H groups in total. The molecule has 0 saturated carbocycles. The van der Waals surface area contributed by atoms with Crippen LogP contribution in [0.4, 0.5) is 0 Å². The molecule has 1 fully saturated rings. The summed E-state index contributed by atoms with van der Waals surface area (Å²) in [6.45, 7) is 6.68. The number of carbonyl (C=O) groups is 1. The van der Waals surface area contributed by atoms with E-state index in [0.717, 1.165) is 25.9 Å². The minimum absolute atomic E-state index is 0.0401. The fraction of sp³-hybridized carbons (Fsp3) is 0.923. The fourth-order valence-corrected chi connectivity index (χ4v) is 2.39. The van der Waals surface area contributed by atoms with E-state index in [9.17, 15) is 9.90 Å². The van der Waals surface area contributed by atoms with Crippen LogP contribution in [0.15, 0.2) is 0 Å². The van der Waals surface area contributed by atoms with Gasteiger partial charge in [0.2, 0.25) is 5.91 Å². The number of hydrogen-bond donors (Lipinski definition) is 2. The van der Waals surface area contributed by atoms with Gasteiger partial charge in [0.15, 0.2) is 0 Å². The highest BCUT2D eigenvalue weighted by Crippen LogP contribution is 2.21. The molecule has 0 spiro atoms. The molecule has 1 aliphatic rings. The average Bonchev–Trinajstić information content (AvgIpc) is 2.38. The number of aliphatic hydroxyl groups is 1. The lowest BCUT2D eigenvalue weighted by Crippen LogP contribution is -2.52. The van der Waals surface area contributed by atoms with Crippen molar-refractivity contribution in [3.8, 4) is 0 Å². The molecule has 3 atom stereocenters. The first-order valence-electron chi connectivity index (χ1n) is 6.78. The molecule has 5 heteroatoms. The molecule has 0 bridgehead atoms. The molecule has 0 aromatic carbocycles. The molecule has 1 rings (SSSR count). The lowest BCUT2D eigenvalue weighted by Gasteiger charge is -2.38. The number of rotatable bonds is 6. The van der Waals surface area contributed by atoms with Crippen molar-refractivity contribution >= 4 is 5.91 Å². The second-order valence-electron chi connectivity index (χ2n) is 4.98. The Morgan fingerprint density at radius 3 is 2.94 bits per heavy atom. The summed E-state index contributed by atoms with van der Waals surface area (Å²) in [5.41, 5.74) is 0. The van der Waals surface area contributed by atoms with E-state index >= 15 is 0 Å². The Balaban J connectivity index is 2.41. The highest BCUT2D eigenvalue weighted by molar-refractivity contribution is 5.81. The maximum absolute atomic E-state index is 11.9. The first-order valence-corrected chi connectivity index (χ1v) is 6.78. The van der Waals surface area contributed by atoms with Gasteiger partial charge in [0.25, 0.3) is 0 Å². The van der Waals surface area contributed by atoms with Crippen LogP contribution in [-0.2, 0) is 9.53 Å². The fourth-order valence-electron chi connectivity index (χ4n) is 2.39. The van der Waals surface area contributed by atoms with Gasteiger partial charge < -0.3 is 15.2 Å². The van der Waals surface area contributed by atoms with Crippen molar-refractivity contribution in [3.63, 3.8) is 0 Å². The first-order chi connectivity index (χ1) is 8.60. The van der Waals surface area contributed by atoms with Gasteiger partial charge in [0.05, 0.1) is 18.8 Å². The summed E-state index contributed by atoms with van der Waals surface area (Å²) < 4.78 is 4.90. The van der Waals surface area contributed by atoms with Gasteiger partial charge >= 0.3 is 0 Å². The highest BCUT2D eigenvalue weighted by atomic mass is 16.5. The number of nitrogens with zero attached hydrogens (tertiary/aromatic N) is 1. The van der Waals surface area contributed by atoms with Crippen LogP contribution in [0.5, 0.6) is 0 Å². The number of ether oxygens (including phenoxy) is 1. The van der Waals surface area contributed by atoms with Gasteiger partial charge in [0, 0.05) is 26.7 Å².